The molecule has 3 N–H and O–H groups in total. The summed E-state index contributed by atoms with van der Waals surface area (Å²) >= 11 is 0. The Balaban J connectivity index is 1.01. The van der Waals surface area contributed by atoms with Crippen molar-refractivity contribution in [2.75, 3.05) is 0 Å². The van der Waals surface area contributed by atoms with E-state index in [1.807, 2.05) is 132 Å². The van der Waals surface area contributed by atoms with Crippen molar-refractivity contribution < 1.29 is 19.1 Å². The molecule has 1 unspecified atom stereocenters. The second-order valence-electron chi connectivity index (χ2n) is 15.6. The fraction of sp³-hybridized carbons (Fsp3) is 0.167. The van der Waals surface area contributed by atoms with Gasteiger partial charge in [-0.25, -0.2) is 4.68 Å². The van der Waals surface area contributed by atoms with Crippen molar-refractivity contribution in [1.29, 1.82) is 0 Å². The van der Waals surface area contributed by atoms with E-state index in [2.05, 4.69) is 83.3 Å². The van der Waals surface area contributed by atoms with Crippen molar-refractivity contribution in [2.45, 2.75) is 56.6 Å². The highest BCUT2D eigenvalue weighted by molar-refractivity contribution is 5.81. The third-order valence-electron chi connectivity index (χ3n) is 11.4. The number of carbonyl (C=O) groups is 2. The smallest absolute Gasteiger partial charge is 0.323 e. The van der Waals surface area contributed by atoms with Crippen molar-refractivity contribution in [3.05, 3.63) is 234 Å². The lowest BCUT2D eigenvalue weighted by molar-refractivity contribution is -0.147. The van der Waals surface area contributed by atoms with Gasteiger partial charge in [0, 0.05) is 12.1 Å². The number of tetrazole rings is 1. The Morgan fingerprint density at radius 3 is 1.55 bits per heavy atom. The normalized spacial score (nSPS) is 12.3. The number of hydrogen-bond donors (Lipinski definition) is 2. The van der Waals surface area contributed by atoms with Crippen LogP contribution in [0.5, 0.6) is 0 Å². The summed E-state index contributed by atoms with van der Waals surface area (Å²) in [6.07, 6.45) is 1.29. The van der Waals surface area contributed by atoms with Gasteiger partial charge < -0.3 is 20.5 Å². The summed E-state index contributed by atoms with van der Waals surface area (Å²) in [5, 5.41) is 17.2. The molecule has 0 amide bonds. The summed E-state index contributed by atoms with van der Waals surface area (Å²) in [6.45, 7) is 0.720. The molecule has 64 heavy (non-hydrogen) atoms. The summed E-state index contributed by atoms with van der Waals surface area (Å²) in [4.78, 5) is 26.2. The lowest BCUT2D eigenvalue weighted by Crippen LogP contribution is -2.39. The fourth-order valence-electron chi connectivity index (χ4n) is 8.09. The zero-order valence-electron chi connectivity index (χ0n) is 35.4. The maximum absolute atomic E-state index is 13.5. The predicted molar refractivity (Wildman–Crippen MR) is 248 cm³/mol. The Morgan fingerprint density at radius 1 is 0.547 bits per heavy atom. The van der Waals surface area contributed by atoms with E-state index in [-0.39, 0.29) is 19.2 Å². The van der Waals surface area contributed by atoms with E-state index in [0.29, 0.717) is 31.6 Å². The van der Waals surface area contributed by atoms with Crippen molar-refractivity contribution in [3.63, 3.8) is 0 Å². The number of nitrogens with zero attached hydrogens (tertiary/aromatic N) is 4. The Labute approximate surface area is 373 Å². The van der Waals surface area contributed by atoms with E-state index < -0.39 is 23.6 Å². The topological polar surface area (TPSA) is 134 Å². The largest absolute Gasteiger partial charge is 0.460 e. The number of aromatic nitrogens is 4. The molecule has 0 aliphatic heterocycles. The molecule has 8 aromatic rings. The SMILES string of the molecule is NC(CCC[C@H](NCc1ccc(-c2ccccc2-c2nnnn2C(c2ccccc2)(c2ccccc2)c2ccccc2)cc1)C(=O)OCc1ccccc1)C(=O)OCc1ccccc1. The molecule has 7 aromatic carbocycles. The van der Waals surface area contributed by atoms with Crippen LogP contribution in [0, 0.1) is 0 Å². The highest BCUT2D eigenvalue weighted by atomic mass is 16.5. The van der Waals surface area contributed by atoms with Crippen LogP contribution in [-0.2, 0) is 44.4 Å². The molecule has 1 aromatic heterocycles. The van der Waals surface area contributed by atoms with Crippen LogP contribution in [0.3, 0.4) is 0 Å². The number of benzene rings is 7. The Kier molecular flexibility index (Phi) is 14.2. The molecule has 1 heterocycles. The number of rotatable bonds is 19. The molecule has 10 heteroatoms. The van der Waals surface area contributed by atoms with Gasteiger partial charge in [0.1, 0.15) is 30.8 Å². The van der Waals surface area contributed by atoms with E-state index in [1.165, 1.54) is 0 Å². The summed E-state index contributed by atoms with van der Waals surface area (Å²) in [6, 6.07) is 65.1. The molecule has 0 saturated heterocycles. The minimum absolute atomic E-state index is 0.156. The maximum atomic E-state index is 13.5. The van der Waals surface area contributed by atoms with Crippen molar-refractivity contribution >= 4 is 11.9 Å². The lowest BCUT2D eigenvalue weighted by Gasteiger charge is -2.36. The standard InChI is InChI=1S/C54H50N6O4/c55-49(52(61)63-38-41-19-6-1-7-20-41)31-18-32-50(53(62)64-39-42-21-8-2-9-22-42)56-37-40-33-35-43(36-34-40)47-29-16-17-30-48(47)51-57-58-59-60(51)54(44-23-10-3-11-24-44,45-25-12-4-13-26-45)46-27-14-5-15-28-46/h1-17,19-30,33-36,49-50,56H,18,31-32,37-39,55H2/t49?,50-/m0/s1. The second-order valence-corrected chi connectivity index (χ2v) is 15.6. The van der Waals surface area contributed by atoms with E-state index in [0.717, 1.165) is 50.1 Å². The molecular formula is C54H50N6O4. The number of carbonyl (C=O) groups excluding carboxylic acids is 2. The van der Waals surface area contributed by atoms with Crippen LogP contribution >= 0.6 is 0 Å². The van der Waals surface area contributed by atoms with E-state index in [4.69, 9.17) is 25.5 Å². The predicted octanol–water partition coefficient (Wildman–Crippen LogP) is 9.29. The minimum Gasteiger partial charge on any atom is -0.460 e. The van der Waals surface area contributed by atoms with Crippen LogP contribution in [0.1, 0.15) is 52.6 Å². The van der Waals surface area contributed by atoms with Gasteiger partial charge in [-0.05, 0) is 74.2 Å². The molecule has 0 aliphatic carbocycles. The van der Waals surface area contributed by atoms with Gasteiger partial charge in [0.05, 0.1) is 0 Å². The number of ether oxygens (including phenoxy) is 2. The van der Waals surface area contributed by atoms with Crippen LogP contribution in [-0.4, -0.2) is 44.2 Å². The molecular weight excluding hydrogens is 797 g/mol. The van der Waals surface area contributed by atoms with E-state index >= 15 is 0 Å². The summed E-state index contributed by atoms with van der Waals surface area (Å²) < 4.78 is 13.2. The molecule has 0 spiro atoms. The first-order chi connectivity index (χ1) is 31.5. The molecule has 2 atom stereocenters. The van der Waals surface area contributed by atoms with Crippen molar-refractivity contribution in [2.24, 2.45) is 5.73 Å². The van der Waals surface area contributed by atoms with Gasteiger partial charge in [0.2, 0.25) is 0 Å². The number of hydrogen-bond acceptors (Lipinski definition) is 9. The maximum Gasteiger partial charge on any atom is 0.323 e. The van der Waals surface area contributed by atoms with Gasteiger partial charge in [0.15, 0.2) is 5.82 Å². The monoisotopic (exact) mass is 846 g/mol. The van der Waals surface area contributed by atoms with Crippen LogP contribution in [0.2, 0.25) is 0 Å². The van der Waals surface area contributed by atoms with Gasteiger partial charge in [0.25, 0.3) is 0 Å². The summed E-state index contributed by atoms with van der Waals surface area (Å²) in [7, 11) is 0. The van der Waals surface area contributed by atoms with Gasteiger partial charge >= 0.3 is 11.9 Å². The van der Waals surface area contributed by atoms with Crippen molar-refractivity contribution in [3.8, 4) is 22.5 Å². The van der Waals surface area contributed by atoms with Gasteiger partial charge in [-0.1, -0.05) is 200 Å². The molecule has 0 saturated carbocycles. The molecule has 0 radical (unpaired) electrons. The van der Waals surface area contributed by atoms with Crippen molar-refractivity contribution in [1.82, 2.24) is 25.5 Å². The first kappa shape index (κ1) is 43.1. The summed E-state index contributed by atoms with van der Waals surface area (Å²) in [5.74, 6) is -0.232. The van der Waals surface area contributed by atoms with Crippen LogP contribution in [0.4, 0.5) is 0 Å². The third-order valence-corrected chi connectivity index (χ3v) is 11.4. The molecule has 8 rings (SSSR count). The average Bonchev–Trinajstić information content (AvgIpc) is 3.85. The first-order valence-corrected chi connectivity index (χ1v) is 21.5. The Hall–Kier alpha value is -7.53. The second kappa shape index (κ2) is 21.0. The molecule has 320 valence electrons. The molecule has 10 nitrogen and oxygen atoms in total. The zero-order valence-corrected chi connectivity index (χ0v) is 35.4. The van der Waals surface area contributed by atoms with Crippen LogP contribution < -0.4 is 11.1 Å². The minimum atomic E-state index is -0.902. The molecule has 0 fully saturated rings. The Morgan fingerprint density at radius 2 is 1.02 bits per heavy atom. The highest BCUT2D eigenvalue weighted by Gasteiger charge is 2.42. The highest BCUT2D eigenvalue weighted by Crippen LogP contribution is 2.43. The summed E-state index contributed by atoms with van der Waals surface area (Å²) in [5.41, 5.74) is 13.9. The van der Waals surface area contributed by atoms with E-state index in [9.17, 15) is 9.59 Å². The molecule has 0 aliphatic rings. The quantitative estimate of drug-likeness (QED) is 0.0604. The van der Waals surface area contributed by atoms with Gasteiger partial charge in [-0.2, -0.15) is 0 Å². The number of esters is 2. The zero-order chi connectivity index (χ0) is 44.0. The first-order valence-electron chi connectivity index (χ1n) is 21.5. The van der Waals surface area contributed by atoms with Gasteiger partial charge in [-0.3, -0.25) is 9.59 Å². The number of nitrogens with one attached hydrogen (secondary N) is 1. The van der Waals surface area contributed by atoms with Crippen LogP contribution in [0.25, 0.3) is 22.5 Å². The number of nitrogens with two attached hydrogens (primary N) is 1. The van der Waals surface area contributed by atoms with Crippen LogP contribution in [0.15, 0.2) is 200 Å². The fourth-order valence-corrected chi connectivity index (χ4v) is 8.09. The lowest BCUT2D eigenvalue weighted by atomic mass is 9.77. The van der Waals surface area contributed by atoms with E-state index in [1.54, 1.807) is 0 Å². The Bertz CT molecular complexity index is 2600. The average molecular weight is 847 g/mol. The molecule has 0 bridgehead atoms. The van der Waals surface area contributed by atoms with Gasteiger partial charge in [-0.15, -0.1) is 5.10 Å². The third kappa shape index (κ3) is 10.1.